The van der Waals surface area contributed by atoms with E-state index in [0.717, 1.165) is 16.7 Å². The molecule has 0 radical (unpaired) electrons. The van der Waals surface area contributed by atoms with E-state index in [4.69, 9.17) is 0 Å². The van der Waals surface area contributed by atoms with Crippen molar-refractivity contribution in [2.24, 2.45) is 0 Å². The van der Waals surface area contributed by atoms with E-state index in [2.05, 4.69) is 0 Å². The number of non-ortho nitro benzene ring substituents is 1. The first-order valence-corrected chi connectivity index (χ1v) is 8.40. The Balaban J connectivity index is 1.63. The summed E-state index contributed by atoms with van der Waals surface area (Å²) in [7, 11) is 0. The highest BCUT2D eigenvalue weighted by Crippen LogP contribution is 2.17. The van der Waals surface area contributed by atoms with Gasteiger partial charge in [0.15, 0.2) is 5.78 Å². The summed E-state index contributed by atoms with van der Waals surface area (Å²) in [6.45, 7) is 1.95. The molecule has 0 N–H and O–H groups in total. The van der Waals surface area contributed by atoms with Crippen molar-refractivity contribution in [2.45, 2.75) is 6.92 Å². The van der Waals surface area contributed by atoms with Crippen LogP contribution in [0.2, 0.25) is 0 Å². The zero-order chi connectivity index (χ0) is 19.2. The van der Waals surface area contributed by atoms with Crippen molar-refractivity contribution in [3.05, 3.63) is 118 Å². The van der Waals surface area contributed by atoms with E-state index in [1.165, 1.54) is 18.2 Å². The molecule has 0 saturated carbocycles. The summed E-state index contributed by atoms with van der Waals surface area (Å²) in [6.07, 6.45) is 12.7. The second-order valence-electron chi connectivity index (χ2n) is 6.12. The molecule has 5 heteroatoms. The summed E-state index contributed by atoms with van der Waals surface area (Å²) < 4.78 is 0. The number of nitrogens with zero attached hydrogens (tertiary/aromatic N) is 2. The molecule has 1 aliphatic rings. The van der Waals surface area contributed by atoms with Crippen molar-refractivity contribution in [3.8, 4) is 0 Å². The van der Waals surface area contributed by atoms with Crippen LogP contribution in [0.15, 0.2) is 90.9 Å². The van der Waals surface area contributed by atoms with Crippen LogP contribution in [0.5, 0.6) is 0 Å². The summed E-state index contributed by atoms with van der Waals surface area (Å²) in [5.74, 6) is -0.0484. The van der Waals surface area contributed by atoms with Gasteiger partial charge in [-0.3, -0.25) is 14.9 Å². The molecule has 2 aromatic rings. The van der Waals surface area contributed by atoms with Crippen molar-refractivity contribution < 1.29 is 9.72 Å². The average molecular weight is 358 g/mol. The van der Waals surface area contributed by atoms with Gasteiger partial charge in [0.05, 0.1) is 4.92 Å². The molecule has 0 aliphatic carbocycles. The minimum atomic E-state index is -0.417. The van der Waals surface area contributed by atoms with E-state index in [-0.39, 0.29) is 11.5 Å². The van der Waals surface area contributed by atoms with Gasteiger partial charge in [0.25, 0.3) is 5.69 Å². The lowest BCUT2D eigenvalue weighted by molar-refractivity contribution is -0.384. The van der Waals surface area contributed by atoms with Crippen LogP contribution in [0.1, 0.15) is 21.5 Å². The van der Waals surface area contributed by atoms with Crippen LogP contribution in [-0.2, 0) is 0 Å². The quantitative estimate of drug-likeness (QED) is 0.326. The molecule has 0 aromatic heterocycles. The number of allylic oxidation sites excluding steroid dienone is 4. The van der Waals surface area contributed by atoms with E-state index in [9.17, 15) is 14.9 Å². The monoisotopic (exact) mass is 358 g/mol. The van der Waals surface area contributed by atoms with Gasteiger partial charge in [-0.1, -0.05) is 23.8 Å². The Bertz CT molecular complexity index is 967. The second kappa shape index (κ2) is 8.10. The molecule has 3 rings (SSSR count). The summed E-state index contributed by atoms with van der Waals surface area (Å²) in [5.41, 5.74) is 3.62. The van der Waals surface area contributed by atoms with Crippen molar-refractivity contribution in [3.63, 3.8) is 0 Å². The van der Waals surface area contributed by atoms with E-state index in [1.807, 2.05) is 55.8 Å². The summed E-state index contributed by atoms with van der Waals surface area (Å²) in [4.78, 5) is 24.3. The predicted octanol–water partition coefficient (Wildman–Crippen LogP) is 5.03. The number of rotatable bonds is 5. The lowest BCUT2D eigenvalue weighted by Crippen LogP contribution is -2.04. The SMILES string of the molecule is Cc1cccc(C(=O)/C=C/N2C=CC(=Cc3ccc([N+](=O)[O-])cc3)C=C2)c1. The van der Waals surface area contributed by atoms with Gasteiger partial charge in [-0.2, -0.15) is 0 Å². The number of benzene rings is 2. The van der Waals surface area contributed by atoms with Gasteiger partial charge in [0, 0.05) is 42.4 Å². The molecule has 5 nitrogen and oxygen atoms in total. The molecule has 0 amide bonds. The fourth-order valence-corrected chi connectivity index (χ4v) is 2.58. The van der Waals surface area contributed by atoms with E-state index < -0.39 is 4.92 Å². The third-order valence-corrected chi connectivity index (χ3v) is 4.02. The molecule has 0 spiro atoms. The molecule has 2 aromatic carbocycles. The van der Waals surface area contributed by atoms with Crippen LogP contribution in [0.25, 0.3) is 6.08 Å². The molecular formula is C22H18N2O3. The Hall–Kier alpha value is -3.73. The van der Waals surface area contributed by atoms with E-state index in [1.54, 1.807) is 29.3 Å². The molecule has 134 valence electrons. The molecule has 0 saturated heterocycles. The smallest absolute Gasteiger partial charge is 0.269 e. The summed E-state index contributed by atoms with van der Waals surface area (Å²) >= 11 is 0. The largest absolute Gasteiger partial charge is 0.330 e. The van der Waals surface area contributed by atoms with E-state index >= 15 is 0 Å². The Kier molecular flexibility index (Phi) is 5.42. The first-order chi connectivity index (χ1) is 13.0. The number of hydrogen-bond donors (Lipinski definition) is 0. The maximum Gasteiger partial charge on any atom is 0.269 e. The van der Waals surface area contributed by atoms with Crippen LogP contribution < -0.4 is 0 Å². The number of nitro groups is 1. The number of ketones is 1. The minimum Gasteiger partial charge on any atom is -0.330 e. The fourth-order valence-electron chi connectivity index (χ4n) is 2.58. The summed E-state index contributed by atoms with van der Waals surface area (Å²) in [6, 6.07) is 13.9. The Morgan fingerprint density at radius 3 is 2.41 bits per heavy atom. The van der Waals surface area contributed by atoms with Gasteiger partial charge >= 0.3 is 0 Å². The lowest BCUT2D eigenvalue weighted by atomic mass is 10.1. The number of carbonyl (C=O) groups is 1. The molecule has 27 heavy (non-hydrogen) atoms. The maximum atomic E-state index is 12.2. The molecule has 0 unspecified atom stereocenters. The molecule has 0 fully saturated rings. The van der Waals surface area contributed by atoms with Gasteiger partial charge in [-0.05, 0) is 54.5 Å². The third kappa shape index (κ3) is 4.89. The van der Waals surface area contributed by atoms with Gasteiger partial charge in [-0.15, -0.1) is 0 Å². The Labute approximate surface area is 157 Å². The van der Waals surface area contributed by atoms with Crippen LogP contribution in [-0.4, -0.2) is 15.6 Å². The lowest BCUT2D eigenvalue weighted by Gasteiger charge is -2.13. The van der Waals surface area contributed by atoms with Crippen molar-refractivity contribution in [1.29, 1.82) is 0 Å². The topological polar surface area (TPSA) is 63.5 Å². The normalized spacial score (nSPS) is 13.2. The van der Waals surface area contributed by atoms with Crippen LogP contribution in [0.3, 0.4) is 0 Å². The van der Waals surface area contributed by atoms with Crippen molar-refractivity contribution in [2.75, 3.05) is 0 Å². The molecule has 0 bridgehead atoms. The van der Waals surface area contributed by atoms with Crippen LogP contribution in [0, 0.1) is 17.0 Å². The van der Waals surface area contributed by atoms with Gasteiger partial charge in [0.1, 0.15) is 0 Å². The molecule has 1 heterocycles. The Morgan fingerprint density at radius 1 is 1.07 bits per heavy atom. The predicted molar refractivity (Wildman–Crippen MR) is 106 cm³/mol. The van der Waals surface area contributed by atoms with Crippen molar-refractivity contribution >= 4 is 17.5 Å². The summed E-state index contributed by atoms with van der Waals surface area (Å²) in [5, 5.41) is 10.7. The van der Waals surface area contributed by atoms with Crippen LogP contribution >= 0.6 is 0 Å². The van der Waals surface area contributed by atoms with E-state index in [0.29, 0.717) is 5.56 Å². The van der Waals surface area contributed by atoms with Crippen molar-refractivity contribution in [1.82, 2.24) is 4.90 Å². The maximum absolute atomic E-state index is 12.2. The molecule has 1 aliphatic heterocycles. The fraction of sp³-hybridized carbons (Fsp3) is 0.0455. The zero-order valence-corrected chi connectivity index (χ0v) is 14.8. The van der Waals surface area contributed by atoms with Gasteiger partial charge in [-0.25, -0.2) is 0 Å². The highest BCUT2D eigenvalue weighted by Gasteiger charge is 2.05. The average Bonchev–Trinajstić information content (AvgIpc) is 2.67. The van der Waals surface area contributed by atoms with Gasteiger partial charge < -0.3 is 4.90 Å². The Morgan fingerprint density at radius 2 is 1.78 bits per heavy atom. The number of nitro benzene ring substituents is 1. The minimum absolute atomic E-state index is 0.0484. The highest BCUT2D eigenvalue weighted by atomic mass is 16.6. The second-order valence-corrected chi connectivity index (χ2v) is 6.12. The van der Waals surface area contributed by atoms with Crippen LogP contribution in [0.4, 0.5) is 5.69 Å². The number of aryl methyl sites for hydroxylation is 1. The molecular weight excluding hydrogens is 340 g/mol. The molecule has 0 atom stereocenters. The number of hydrogen-bond acceptors (Lipinski definition) is 4. The first kappa shape index (κ1) is 18.1. The van der Waals surface area contributed by atoms with Gasteiger partial charge in [0.2, 0.25) is 0 Å². The number of carbonyl (C=O) groups excluding carboxylic acids is 1. The highest BCUT2D eigenvalue weighted by molar-refractivity contribution is 6.04. The first-order valence-electron chi connectivity index (χ1n) is 8.40. The zero-order valence-electron chi connectivity index (χ0n) is 14.8. The standard InChI is InChI=1S/C22H18N2O3/c1-17-3-2-4-20(15-17)22(25)11-14-23-12-9-19(10-13-23)16-18-5-7-21(8-6-18)24(26)27/h2-16H,1H3/b14-11+. The third-order valence-electron chi connectivity index (χ3n) is 4.02.